The van der Waals surface area contributed by atoms with Crippen LogP contribution in [0, 0.1) is 20.8 Å². The summed E-state index contributed by atoms with van der Waals surface area (Å²) in [4.78, 5) is 13.6. The maximum absolute atomic E-state index is 13.7. The van der Waals surface area contributed by atoms with Crippen molar-refractivity contribution < 1.29 is 22.7 Å². The molecule has 3 aromatic rings. The molecule has 1 heterocycles. The molecule has 0 unspecified atom stereocenters. The molecule has 1 N–H and O–H groups in total. The molecule has 4 rings (SSSR count). The molecule has 36 heavy (non-hydrogen) atoms. The van der Waals surface area contributed by atoms with Crippen molar-refractivity contribution in [1.29, 1.82) is 0 Å². The fourth-order valence-electron chi connectivity index (χ4n) is 4.37. The quantitative estimate of drug-likeness (QED) is 0.494. The van der Waals surface area contributed by atoms with Gasteiger partial charge in [0.15, 0.2) is 6.10 Å². The van der Waals surface area contributed by atoms with Gasteiger partial charge in [-0.15, -0.1) is 0 Å². The SMILES string of the molecule is CC[C@H](NC(=O)[C@H]1CN(S(=O)(=O)c2ccc(C)cc2)c2cc(C)ccc2O1)c1ccc(OC)c(C)c1. The minimum atomic E-state index is -3.92. The molecule has 1 aliphatic heterocycles. The second-order valence-electron chi connectivity index (χ2n) is 9.13. The molecule has 0 spiro atoms. The van der Waals surface area contributed by atoms with Crippen molar-refractivity contribution in [2.24, 2.45) is 0 Å². The number of nitrogens with one attached hydrogen (secondary N) is 1. The monoisotopic (exact) mass is 508 g/mol. The minimum Gasteiger partial charge on any atom is -0.496 e. The maximum atomic E-state index is 13.7. The van der Waals surface area contributed by atoms with Crippen LogP contribution < -0.4 is 19.1 Å². The predicted octanol–water partition coefficient (Wildman–Crippen LogP) is 4.84. The normalized spacial score (nSPS) is 16.0. The first-order valence-corrected chi connectivity index (χ1v) is 13.4. The Morgan fingerprint density at radius 1 is 1.06 bits per heavy atom. The standard InChI is InChI=1S/C28H32N2O5S/c1-6-23(21-10-14-25(34-5)20(4)16-21)29-28(31)27-17-30(24-15-19(3)9-13-26(24)35-27)36(32,33)22-11-7-18(2)8-12-22/h7-16,23,27H,6,17H2,1-5H3,(H,29,31)/t23-,27+/m0/s1. The van der Waals surface area contributed by atoms with Gasteiger partial charge in [0.25, 0.3) is 15.9 Å². The summed E-state index contributed by atoms with van der Waals surface area (Å²) in [6.07, 6.45) is -0.348. The molecule has 0 radical (unpaired) electrons. The van der Waals surface area contributed by atoms with E-state index < -0.39 is 16.1 Å². The molecule has 0 bridgehead atoms. The van der Waals surface area contributed by atoms with Gasteiger partial charge in [-0.2, -0.15) is 0 Å². The summed E-state index contributed by atoms with van der Waals surface area (Å²) in [7, 11) is -2.29. The Hall–Kier alpha value is -3.52. The Labute approximate surface area is 213 Å². The van der Waals surface area contributed by atoms with Crippen LogP contribution in [0.1, 0.15) is 41.6 Å². The Morgan fingerprint density at radius 2 is 1.75 bits per heavy atom. The highest BCUT2D eigenvalue weighted by Crippen LogP contribution is 2.38. The van der Waals surface area contributed by atoms with Gasteiger partial charge in [0, 0.05) is 0 Å². The van der Waals surface area contributed by atoms with Gasteiger partial charge in [0.2, 0.25) is 0 Å². The highest BCUT2D eigenvalue weighted by Gasteiger charge is 2.38. The molecule has 0 aliphatic carbocycles. The van der Waals surface area contributed by atoms with E-state index in [0.717, 1.165) is 28.0 Å². The Kier molecular flexibility index (Phi) is 7.26. The Balaban J connectivity index is 1.64. The third-order valence-electron chi connectivity index (χ3n) is 6.43. The second kappa shape index (κ2) is 10.2. The molecular weight excluding hydrogens is 476 g/mol. The number of carbonyl (C=O) groups excluding carboxylic acids is 1. The third kappa shape index (κ3) is 5.04. The summed E-state index contributed by atoms with van der Waals surface area (Å²) < 4.78 is 40.0. The smallest absolute Gasteiger partial charge is 0.264 e. The maximum Gasteiger partial charge on any atom is 0.264 e. The van der Waals surface area contributed by atoms with Crippen LogP contribution in [0.25, 0.3) is 0 Å². The largest absolute Gasteiger partial charge is 0.496 e. The summed E-state index contributed by atoms with van der Waals surface area (Å²) >= 11 is 0. The molecule has 0 fully saturated rings. The number of benzene rings is 3. The predicted molar refractivity (Wildman–Crippen MR) is 140 cm³/mol. The lowest BCUT2D eigenvalue weighted by Gasteiger charge is -2.35. The molecule has 2 atom stereocenters. The van der Waals surface area contributed by atoms with E-state index in [9.17, 15) is 13.2 Å². The van der Waals surface area contributed by atoms with Gasteiger partial charge in [-0.1, -0.05) is 42.8 Å². The zero-order valence-electron chi connectivity index (χ0n) is 21.2. The van der Waals surface area contributed by atoms with Gasteiger partial charge in [0.05, 0.1) is 30.3 Å². The van der Waals surface area contributed by atoms with Crippen molar-refractivity contribution in [3.05, 3.63) is 82.9 Å². The van der Waals surface area contributed by atoms with Crippen LogP contribution in [-0.4, -0.2) is 34.1 Å². The molecule has 1 amide bonds. The Morgan fingerprint density at radius 3 is 2.39 bits per heavy atom. The Bertz CT molecular complexity index is 1370. The van der Waals surface area contributed by atoms with E-state index >= 15 is 0 Å². The van der Waals surface area contributed by atoms with Gasteiger partial charge < -0.3 is 14.8 Å². The van der Waals surface area contributed by atoms with Crippen molar-refractivity contribution in [3.8, 4) is 11.5 Å². The average Bonchev–Trinajstić information content (AvgIpc) is 2.86. The van der Waals surface area contributed by atoms with Crippen LogP contribution in [0.4, 0.5) is 5.69 Å². The zero-order valence-corrected chi connectivity index (χ0v) is 22.1. The first kappa shape index (κ1) is 25.6. The molecular formula is C28H32N2O5S. The molecule has 8 heteroatoms. The molecule has 7 nitrogen and oxygen atoms in total. The number of hydrogen-bond acceptors (Lipinski definition) is 5. The number of amides is 1. The van der Waals surface area contributed by atoms with E-state index in [-0.39, 0.29) is 23.4 Å². The topological polar surface area (TPSA) is 84.9 Å². The highest BCUT2D eigenvalue weighted by atomic mass is 32.2. The highest BCUT2D eigenvalue weighted by molar-refractivity contribution is 7.92. The van der Waals surface area contributed by atoms with Crippen LogP contribution in [-0.2, 0) is 14.8 Å². The first-order valence-electron chi connectivity index (χ1n) is 12.0. The van der Waals surface area contributed by atoms with Crippen molar-refractivity contribution in [3.63, 3.8) is 0 Å². The minimum absolute atomic E-state index is 0.128. The van der Waals surface area contributed by atoms with E-state index in [1.807, 2.05) is 52.0 Å². The van der Waals surface area contributed by atoms with Crippen LogP contribution in [0.5, 0.6) is 11.5 Å². The number of nitrogens with zero attached hydrogens (tertiary/aromatic N) is 1. The number of anilines is 1. The molecule has 0 aromatic heterocycles. The van der Waals surface area contributed by atoms with Gasteiger partial charge >= 0.3 is 0 Å². The summed E-state index contributed by atoms with van der Waals surface area (Å²) in [5.74, 6) is 0.765. The number of fused-ring (bicyclic) bond motifs is 1. The van der Waals surface area contributed by atoms with E-state index in [0.29, 0.717) is 17.9 Å². The fraction of sp³-hybridized carbons (Fsp3) is 0.321. The summed E-state index contributed by atoms with van der Waals surface area (Å²) in [6, 6.07) is 17.6. The number of ether oxygens (including phenoxy) is 2. The molecule has 0 saturated carbocycles. The van der Waals surface area contributed by atoms with E-state index in [1.54, 1.807) is 43.5 Å². The number of sulfonamides is 1. The molecule has 190 valence electrons. The van der Waals surface area contributed by atoms with Gasteiger partial charge in [-0.25, -0.2) is 8.42 Å². The number of methoxy groups -OCH3 is 1. The van der Waals surface area contributed by atoms with Crippen molar-refractivity contribution in [2.45, 2.75) is 51.2 Å². The van der Waals surface area contributed by atoms with Crippen molar-refractivity contribution in [2.75, 3.05) is 18.0 Å². The van der Waals surface area contributed by atoms with E-state index in [4.69, 9.17) is 9.47 Å². The summed E-state index contributed by atoms with van der Waals surface area (Å²) in [5.41, 5.74) is 4.20. The summed E-state index contributed by atoms with van der Waals surface area (Å²) in [5, 5.41) is 3.05. The van der Waals surface area contributed by atoms with Gasteiger partial charge in [0.1, 0.15) is 11.5 Å². The molecule has 3 aromatic carbocycles. The van der Waals surface area contributed by atoms with Gasteiger partial charge in [-0.3, -0.25) is 9.10 Å². The lowest BCUT2D eigenvalue weighted by molar-refractivity contribution is -0.128. The number of aryl methyl sites for hydroxylation is 3. The average molecular weight is 509 g/mol. The number of hydrogen-bond donors (Lipinski definition) is 1. The fourth-order valence-corrected chi connectivity index (χ4v) is 5.83. The lowest BCUT2D eigenvalue weighted by atomic mass is 10.0. The van der Waals surface area contributed by atoms with Gasteiger partial charge in [-0.05, 0) is 74.2 Å². The molecule has 1 aliphatic rings. The number of carbonyl (C=O) groups is 1. The van der Waals surface area contributed by atoms with Crippen molar-refractivity contribution >= 4 is 21.6 Å². The van der Waals surface area contributed by atoms with Crippen LogP contribution in [0.2, 0.25) is 0 Å². The lowest BCUT2D eigenvalue weighted by Crippen LogP contribution is -2.51. The zero-order chi connectivity index (χ0) is 26.0. The summed E-state index contributed by atoms with van der Waals surface area (Å²) in [6.45, 7) is 7.60. The molecule has 0 saturated heterocycles. The first-order chi connectivity index (χ1) is 17.1. The van der Waals surface area contributed by atoms with E-state index in [1.165, 1.54) is 4.31 Å². The van der Waals surface area contributed by atoms with Crippen LogP contribution in [0.3, 0.4) is 0 Å². The van der Waals surface area contributed by atoms with Crippen LogP contribution >= 0.6 is 0 Å². The third-order valence-corrected chi connectivity index (χ3v) is 8.23. The number of rotatable bonds is 7. The van der Waals surface area contributed by atoms with Crippen LogP contribution in [0.15, 0.2) is 65.6 Å². The second-order valence-corrected chi connectivity index (χ2v) is 11.0. The van der Waals surface area contributed by atoms with Crippen molar-refractivity contribution in [1.82, 2.24) is 5.32 Å². The van der Waals surface area contributed by atoms with E-state index in [2.05, 4.69) is 5.32 Å².